The molecular formula is C19H32N2. The van der Waals surface area contributed by atoms with E-state index in [2.05, 4.69) is 63.0 Å². The minimum absolute atomic E-state index is 0.226. The Morgan fingerprint density at radius 2 is 1.76 bits per heavy atom. The summed E-state index contributed by atoms with van der Waals surface area (Å²) in [5.74, 6) is 0.777. The van der Waals surface area contributed by atoms with Crippen LogP contribution < -0.4 is 10.2 Å². The molecule has 1 fully saturated rings. The van der Waals surface area contributed by atoms with Gasteiger partial charge in [-0.1, -0.05) is 32.0 Å². The van der Waals surface area contributed by atoms with Gasteiger partial charge in [0.1, 0.15) is 0 Å². The number of hydrogen-bond acceptors (Lipinski definition) is 2. The van der Waals surface area contributed by atoms with Crippen molar-refractivity contribution >= 4 is 5.69 Å². The van der Waals surface area contributed by atoms with Gasteiger partial charge in [0.25, 0.3) is 0 Å². The molecule has 0 bridgehead atoms. The third-order valence-electron chi connectivity index (χ3n) is 4.49. The van der Waals surface area contributed by atoms with Gasteiger partial charge in [-0.3, -0.25) is 0 Å². The van der Waals surface area contributed by atoms with Gasteiger partial charge in [0.15, 0.2) is 0 Å². The van der Waals surface area contributed by atoms with Crippen LogP contribution in [0.5, 0.6) is 0 Å². The van der Waals surface area contributed by atoms with E-state index in [4.69, 9.17) is 0 Å². The zero-order valence-corrected chi connectivity index (χ0v) is 14.5. The van der Waals surface area contributed by atoms with Gasteiger partial charge < -0.3 is 10.2 Å². The molecule has 118 valence electrons. The van der Waals surface area contributed by atoms with Crippen LogP contribution in [0.15, 0.2) is 18.2 Å². The average molecular weight is 288 g/mol. The van der Waals surface area contributed by atoms with Gasteiger partial charge in [0.05, 0.1) is 0 Å². The summed E-state index contributed by atoms with van der Waals surface area (Å²) in [6.07, 6.45) is 3.57. The van der Waals surface area contributed by atoms with Gasteiger partial charge >= 0.3 is 0 Å². The van der Waals surface area contributed by atoms with Crippen molar-refractivity contribution in [1.82, 2.24) is 5.32 Å². The number of anilines is 1. The van der Waals surface area contributed by atoms with Gasteiger partial charge in [0.2, 0.25) is 0 Å². The minimum atomic E-state index is 0.226. The van der Waals surface area contributed by atoms with Crippen molar-refractivity contribution < 1.29 is 0 Å². The highest BCUT2D eigenvalue weighted by molar-refractivity contribution is 5.60. The zero-order valence-electron chi connectivity index (χ0n) is 14.5. The molecule has 0 radical (unpaired) electrons. The molecule has 1 aliphatic rings. The first kappa shape index (κ1) is 16.4. The number of aryl methyl sites for hydroxylation is 2. The Morgan fingerprint density at radius 3 is 2.29 bits per heavy atom. The first-order valence-corrected chi connectivity index (χ1v) is 8.55. The Kier molecular flexibility index (Phi) is 5.32. The number of hydrogen-bond donors (Lipinski definition) is 1. The molecule has 1 atom stereocenters. The Labute approximate surface area is 130 Å². The van der Waals surface area contributed by atoms with Crippen molar-refractivity contribution in [1.29, 1.82) is 0 Å². The predicted molar refractivity (Wildman–Crippen MR) is 93.3 cm³/mol. The van der Waals surface area contributed by atoms with E-state index in [1.165, 1.54) is 36.3 Å². The zero-order chi connectivity index (χ0) is 15.5. The van der Waals surface area contributed by atoms with Crippen LogP contribution in [0.25, 0.3) is 0 Å². The summed E-state index contributed by atoms with van der Waals surface area (Å²) < 4.78 is 0. The highest BCUT2D eigenvalue weighted by Crippen LogP contribution is 2.31. The molecule has 2 rings (SSSR count). The first-order valence-electron chi connectivity index (χ1n) is 8.55. The fourth-order valence-corrected chi connectivity index (χ4v) is 3.27. The van der Waals surface area contributed by atoms with E-state index in [1.807, 2.05) is 0 Å². The highest BCUT2D eigenvalue weighted by Gasteiger charge is 2.26. The summed E-state index contributed by atoms with van der Waals surface area (Å²) in [5, 5.41) is 3.67. The number of rotatable bonds is 5. The molecule has 21 heavy (non-hydrogen) atoms. The van der Waals surface area contributed by atoms with Gasteiger partial charge in [-0.25, -0.2) is 0 Å². The van der Waals surface area contributed by atoms with Crippen molar-refractivity contribution in [2.75, 3.05) is 24.5 Å². The van der Waals surface area contributed by atoms with Gasteiger partial charge in [-0.05, 0) is 57.1 Å². The van der Waals surface area contributed by atoms with Crippen LogP contribution in [0, 0.1) is 5.92 Å². The van der Waals surface area contributed by atoms with Crippen molar-refractivity contribution in [3.63, 3.8) is 0 Å². The second-order valence-corrected chi connectivity index (χ2v) is 7.36. The third-order valence-corrected chi connectivity index (χ3v) is 4.49. The largest absolute Gasteiger partial charge is 0.371 e. The van der Waals surface area contributed by atoms with E-state index >= 15 is 0 Å². The lowest BCUT2D eigenvalue weighted by atomic mass is 10.0. The lowest BCUT2D eigenvalue weighted by molar-refractivity contribution is 0.383. The molecular weight excluding hydrogens is 256 g/mol. The number of benzene rings is 1. The Balaban J connectivity index is 2.07. The summed E-state index contributed by atoms with van der Waals surface area (Å²) in [6, 6.07) is 6.82. The Morgan fingerprint density at radius 1 is 1.14 bits per heavy atom. The average Bonchev–Trinajstić information content (AvgIpc) is 2.92. The van der Waals surface area contributed by atoms with E-state index < -0.39 is 0 Å². The molecule has 0 aliphatic carbocycles. The maximum atomic E-state index is 3.67. The molecule has 1 unspecified atom stereocenters. The van der Waals surface area contributed by atoms with Gasteiger partial charge in [0, 0.05) is 30.9 Å². The maximum Gasteiger partial charge on any atom is 0.0431 e. The lowest BCUT2D eigenvalue weighted by Crippen LogP contribution is -2.39. The van der Waals surface area contributed by atoms with Crippen LogP contribution in [-0.2, 0) is 12.8 Å². The van der Waals surface area contributed by atoms with Crippen LogP contribution in [-0.4, -0.2) is 25.2 Å². The Bertz CT molecular complexity index is 437. The standard InChI is InChI=1S/C19H32N2/c1-6-16-9-8-10-17(7-2)18(16)21-12-11-15(14-21)13-20-19(3,4)5/h8-10,15,20H,6-7,11-14H2,1-5H3. The molecule has 1 heterocycles. The van der Waals surface area contributed by atoms with Crippen LogP contribution in [0.2, 0.25) is 0 Å². The molecule has 2 nitrogen and oxygen atoms in total. The van der Waals surface area contributed by atoms with Crippen molar-refractivity contribution in [3.05, 3.63) is 29.3 Å². The third kappa shape index (κ3) is 4.23. The number of para-hydroxylation sites is 1. The van der Waals surface area contributed by atoms with E-state index in [-0.39, 0.29) is 5.54 Å². The molecule has 0 saturated carbocycles. The molecule has 0 amide bonds. The molecule has 2 heteroatoms. The van der Waals surface area contributed by atoms with Gasteiger partial charge in [-0.2, -0.15) is 0 Å². The lowest BCUT2D eigenvalue weighted by Gasteiger charge is -2.26. The molecule has 0 aromatic heterocycles. The number of nitrogens with one attached hydrogen (secondary N) is 1. The second-order valence-electron chi connectivity index (χ2n) is 7.36. The fourth-order valence-electron chi connectivity index (χ4n) is 3.27. The maximum absolute atomic E-state index is 3.67. The summed E-state index contributed by atoms with van der Waals surface area (Å²) in [5.41, 5.74) is 4.78. The van der Waals surface area contributed by atoms with E-state index in [1.54, 1.807) is 0 Å². The normalized spacial score (nSPS) is 19.3. The summed E-state index contributed by atoms with van der Waals surface area (Å²) in [7, 11) is 0. The van der Waals surface area contributed by atoms with Crippen LogP contribution in [0.3, 0.4) is 0 Å². The van der Waals surface area contributed by atoms with Crippen LogP contribution in [0.1, 0.15) is 52.2 Å². The molecule has 1 aromatic carbocycles. The van der Waals surface area contributed by atoms with Crippen molar-refractivity contribution in [2.24, 2.45) is 5.92 Å². The summed E-state index contributed by atoms with van der Waals surface area (Å²) in [6.45, 7) is 14.8. The minimum Gasteiger partial charge on any atom is -0.371 e. The molecule has 1 aromatic rings. The smallest absolute Gasteiger partial charge is 0.0431 e. The molecule has 1 N–H and O–H groups in total. The second kappa shape index (κ2) is 6.83. The predicted octanol–water partition coefficient (Wildman–Crippen LogP) is 4.03. The van der Waals surface area contributed by atoms with Crippen LogP contribution >= 0.6 is 0 Å². The topological polar surface area (TPSA) is 15.3 Å². The fraction of sp³-hybridized carbons (Fsp3) is 0.684. The van der Waals surface area contributed by atoms with Crippen LogP contribution in [0.4, 0.5) is 5.69 Å². The van der Waals surface area contributed by atoms with E-state index in [0.717, 1.165) is 25.3 Å². The van der Waals surface area contributed by atoms with Crippen molar-refractivity contribution in [3.8, 4) is 0 Å². The Hall–Kier alpha value is -1.02. The van der Waals surface area contributed by atoms with E-state index in [9.17, 15) is 0 Å². The molecule has 1 saturated heterocycles. The first-order chi connectivity index (χ1) is 9.94. The quantitative estimate of drug-likeness (QED) is 0.880. The van der Waals surface area contributed by atoms with E-state index in [0.29, 0.717) is 0 Å². The monoisotopic (exact) mass is 288 g/mol. The summed E-state index contributed by atoms with van der Waals surface area (Å²) in [4.78, 5) is 2.63. The highest BCUT2D eigenvalue weighted by atomic mass is 15.2. The SMILES string of the molecule is CCc1cccc(CC)c1N1CCC(CNC(C)(C)C)C1. The summed E-state index contributed by atoms with van der Waals surface area (Å²) >= 11 is 0. The molecule has 1 aliphatic heterocycles. The number of nitrogens with zero attached hydrogens (tertiary/aromatic N) is 1. The van der Waals surface area contributed by atoms with Crippen molar-refractivity contribution in [2.45, 2.75) is 59.4 Å². The molecule has 0 spiro atoms. The van der Waals surface area contributed by atoms with Gasteiger partial charge in [-0.15, -0.1) is 0 Å².